The molecule has 2 rings (SSSR count). The molecule has 0 aliphatic heterocycles. The van der Waals surface area contributed by atoms with Crippen LogP contribution in [0.5, 0.6) is 0 Å². The molecule has 2 unspecified atom stereocenters. The van der Waals surface area contributed by atoms with E-state index in [9.17, 15) is 14.7 Å². The van der Waals surface area contributed by atoms with Crippen LogP contribution in [-0.2, 0) is 27.5 Å². The molecule has 0 spiro atoms. The zero-order valence-corrected chi connectivity index (χ0v) is 15.0. The van der Waals surface area contributed by atoms with Gasteiger partial charge in [0, 0.05) is 0 Å². The molecule has 2 atom stereocenters. The predicted octanol–water partition coefficient (Wildman–Crippen LogP) is 3.69. The van der Waals surface area contributed by atoms with E-state index in [2.05, 4.69) is 0 Å². The average molecular weight is 355 g/mol. The fourth-order valence-corrected chi connectivity index (χ4v) is 3.02. The number of aryl methyl sites for hydroxylation is 1. The van der Waals surface area contributed by atoms with Crippen molar-refractivity contribution in [2.24, 2.45) is 5.92 Å². The van der Waals surface area contributed by atoms with Crippen molar-refractivity contribution in [3.8, 4) is 0 Å². The van der Waals surface area contributed by atoms with Gasteiger partial charge >= 0.3 is 5.97 Å². The summed E-state index contributed by atoms with van der Waals surface area (Å²) in [6.45, 7) is 2.09. The molecule has 138 valence electrons. The van der Waals surface area contributed by atoms with Gasteiger partial charge in [0.1, 0.15) is 6.61 Å². The highest BCUT2D eigenvalue weighted by Crippen LogP contribution is 2.21. The minimum atomic E-state index is -0.914. The molecule has 0 fully saturated rings. The molecule has 1 N–H and O–H groups in total. The lowest BCUT2D eigenvalue weighted by atomic mass is 9.91. The fraction of sp³-hybridized carbons (Fsp3) is 0.333. The summed E-state index contributed by atoms with van der Waals surface area (Å²) in [5, 5.41) is 10.8. The Morgan fingerprint density at radius 1 is 1.08 bits per heavy atom. The first kappa shape index (κ1) is 19.7. The number of carboxylic acid groups (broad SMARTS) is 1. The van der Waals surface area contributed by atoms with Crippen LogP contribution in [0.3, 0.4) is 0 Å². The summed E-state index contributed by atoms with van der Waals surface area (Å²) in [4.78, 5) is 29.0. The zero-order chi connectivity index (χ0) is 18.8. The third-order valence-corrected chi connectivity index (χ3v) is 4.44. The van der Waals surface area contributed by atoms with Crippen LogP contribution in [0.15, 0.2) is 60.7 Å². The van der Waals surface area contributed by atoms with Crippen molar-refractivity contribution in [2.75, 3.05) is 0 Å². The topological polar surface area (TPSA) is 66.8 Å². The summed E-state index contributed by atoms with van der Waals surface area (Å²) in [6.07, 6.45) is 2.16. The highest BCUT2D eigenvalue weighted by atomic mass is 16.7. The van der Waals surface area contributed by atoms with Crippen LogP contribution in [0.4, 0.5) is 0 Å². The number of carboxylic acids is 1. The maximum Gasteiger partial charge on any atom is 0.308 e. The Morgan fingerprint density at radius 2 is 1.65 bits per heavy atom. The standard InChI is InChI=1S/C21H25NO4/c1-2-20(22(16-23)26-15-18-11-7-4-8-12-18)19(21(24)25)14-13-17-9-5-3-6-10-17/h3-12,16,19-20H,2,13-15H2,1H3,(H,24,25). The number of amides is 1. The Labute approximate surface area is 154 Å². The molecule has 0 aliphatic carbocycles. The van der Waals surface area contributed by atoms with Crippen molar-refractivity contribution in [1.82, 2.24) is 5.06 Å². The number of carbonyl (C=O) groups excluding carboxylic acids is 1. The van der Waals surface area contributed by atoms with Crippen molar-refractivity contribution < 1.29 is 19.5 Å². The first-order valence-electron chi connectivity index (χ1n) is 8.83. The summed E-state index contributed by atoms with van der Waals surface area (Å²) in [6, 6.07) is 18.7. The fourth-order valence-electron chi connectivity index (χ4n) is 3.02. The number of benzene rings is 2. The van der Waals surface area contributed by atoms with Crippen molar-refractivity contribution in [3.63, 3.8) is 0 Å². The van der Waals surface area contributed by atoms with Gasteiger partial charge in [0.05, 0.1) is 12.0 Å². The highest BCUT2D eigenvalue weighted by molar-refractivity contribution is 5.71. The van der Waals surface area contributed by atoms with E-state index < -0.39 is 17.9 Å². The number of nitrogens with zero attached hydrogens (tertiary/aromatic N) is 1. The number of hydrogen-bond acceptors (Lipinski definition) is 3. The Hall–Kier alpha value is -2.66. The lowest BCUT2D eigenvalue weighted by Crippen LogP contribution is -2.42. The van der Waals surface area contributed by atoms with Gasteiger partial charge in [-0.1, -0.05) is 67.6 Å². The zero-order valence-electron chi connectivity index (χ0n) is 15.0. The van der Waals surface area contributed by atoms with Gasteiger partial charge in [0.15, 0.2) is 0 Å². The molecule has 0 saturated heterocycles. The maximum atomic E-state index is 11.8. The molecule has 0 aromatic heterocycles. The smallest absolute Gasteiger partial charge is 0.308 e. The predicted molar refractivity (Wildman–Crippen MR) is 99.1 cm³/mol. The quantitative estimate of drug-likeness (QED) is 0.493. The molecular formula is C21H25NO4. The molecule has 2 aromatic carbocycles. The number of carbonyl (C=O) groups is 2. The van der Waals surface area contributed by atoms with Gasteiger partial charge < -0.3 is 5.11 Å². The minimum Gasteiger partial charge on any atom is -0.481 e. The van der Waals surface area contributed by atoms with E-state index in [1.165, 1.54) is 0 Å². The molecule has 0 aliphatic rings. The Bertz CT molecular complexity index is 675. The molecule has 1 amide bonds. The Balaban J connectivity index is 2.04. The summed E-state index contributed by atoms with van der Waals surface area (Å²) >= 11 is 0. The van der Waals surface area contributed by atoms with Crippen LogP contribution in [0.2, 0.25) is 0 Å². The second-order valence-electron chi connectivity index (χ2n) is 6.17. The van der Waals surface area contributed by atoms with Gasteiger partial charge in [-0.15, -0.1) is 0 Å². The van der Waals surface area contributed by atoms with E-state index in [4.69, 9.17) is 4.84 Å². The first-order chi connectivity index (χ1) is 12.7. The largest absolute Gasteiger partial charge is 0.481 e. The summed E-state index contributed by atoms with van der Waals surface area (Å²) in [5.74, 6) is -1.61. The van der Waals surface area contributed by atoms with Gasteiger partial charge in [-0.05, 0) is 30.4 Å². The normalized spacial score (nSPS) is 13.0. The van der Waals surface area contributed by atoms with E-state index in [0.717, 1.165) is 16.2 Å². The number of hydroxylamine groups is 2. The number of rotatable bonds is 11. The van der Waals surface area contributed by atoms with Gasteiger partial charge in [-0.3, -0.25) is 14.4 Å². The summed E-state index contributed by atoms with van der Waals surface area (Å²) < 4.78 is 0. The minimum absolute atomic E-state index is 0.223. The second-order valence-corrected chi connectivity index (χ2v) is 6.17. The monoisotopic (exact) mass is 355 g/mol. The van der Waals surface area contributed by atoms with Crippen LogP contribution < -0.4 is 0 Å². The van der Waals surface area contributed by atoms with E-state index in [0.29, 0.717) is 25.7 Å². The highest BCUT2D eigenvalue weighted by Gasteiger charge is 2.32. The van der Waals surface area contributed by atoms with Crippen LogP contribution in [0.1, 0.15) is 30.9 Å². The third-order valence-electron chi connectivity index (χ3n) is 4.44. The first-order valence-corrected chi connectivity index (χ1v) is 8.83. The van der Waals surface area contributed by atoms with Gasteiger partial charge in [0.25, 0.3) is 0 Å². The van der Waals surface area contributed by atoms with Crippen molar-refractivity contribution in [2.45, 2.75) is 38.8 Å². The van der Waals surface area contributed by atoms with E-state index >= 15 is 0 Å². The van der Waals surface area contributed by atoms with Crippen molar-refractivity contribution >= 4 is 12.4 Å². The van der Waals surface area contributed by atoms with E-state index in [1.807, 2.05) is 67.6 Å². The lowest BCUT2D eigenvalue weighted by molar-refractivity contribution is -0.202. The van der Waals surface area contributed by atoms with Crippen molar-refractivity contribution in [1.29, 1.82) is 0 Å². The van der Waals surface area contributed by atoms with Crippen LogP contribution in [0, 0.1) is 5.92 Å². The molecule has 2 aromatic rings. The van der Waals surface area contributed by atoms with Gasteiger partial charge in [-0.25, -0.2) is 5.06 Å². The lowest BCUT2D eigenvalue weighted by Gasteiger charge is -2.31. The van der Waals surface area contributed by atoms with E-state index in [1.54, 1.807) is 0 Å². The SMILES string of the molecule is CCC(C(CCc1ccccc1)C(=O)O)N(C=O)OCc1ccccc1. The number of aliphatic carboxylic acids is 1. The van der Waals surface area contributed by atoms with Crippen molar-refractivity contribution in [3.05, 3.63) is 71.8 Å². The molecular weight excluding hydrogens is 330 g/mol. The third kappa shape index (κ3) is 5.70. The van der Waals surface area contributed by atoms with Gasteiger partial charge in [0.2, 0.25) is 6.41 Å². The molecule has 0 heterocycles. The summed E-state index contributed by atoms with van der Waals surface area (Å²) in [7, 11) is 0. The van der Waals surface area contributed by atoms with Crippen LogP contribution in [0.25, 0.3) is 0 Å². The molecule has 0 saturated carbocycles. The van der Waals surface area contributed by atoms with Gasteiger partial charge in [-0.2, -0.15) is 0 Å². The molecule has 5 heteroatoms. The molecule has 0 radical (unpaired) electrons. The Morgan fingerprint density at radius 3 is 2.15 bits per heavy atom. The Kier molecular flexibility index (Phi) is 7.83. The van der Waals surface area contributed by atoms with E-state index in [-0.39, 0.29) is 6.61 Å². The molecule has 26 heavy (non-hydrogen) atoms. The second kappa shape index (κ2) is 10.4. The van der Waals surface area contributed by atoms with Crippen LogP contribution in [-0.4, -0.2) is 28.6 Å². The average Bonchev–Trinajstić information content (AvgIpc) is 2.68. The molecule has 0 bridgehead atoms. The van der Waals surface area contributed by atoms with Crippen LogP contribution >= 0.6 is 0 Å². The summed E-state index contributed by atoms with van der Waals surface area (Å²) in [5.41, 5.74) is 2.00. The maximum absolute atomic E-state index is 11.8. The number of hydrogen-bond donors (Lipinski definition) is 1. The molecule has 5 nitrogen and oxygen atoms in total.